The monoisotopic (exact) mass is 342 g/mol. The first-order valence-corrected chi connectivity index (χ1v) is 7.07. The van der Waals surface area contributed by atoms with Crippen LogP contribution in [0.4, 0.5) is 0 Å². The largest absolute Gasteiger partial charge is 0.387 e. The van der Waals surface area contributed by atoms with Crippen LogP contribution in [-0.4, -0.2) is 115 Å². The molecule has 0 radical (unpaired) electrons. The summed E-state index contributed by atoms with van der Waals surface area (Å²) in [6.07, 6.45) is -15.3. The molecule has 2 saturated heterocycles. The second-order valence-electron chi connectivity index (χ2n) is 5.61. The Kier molecular flexibility index (Phi) is 6.27. The first-order chi connectivity index (χ1) is 10.7. The van der Waals surface area contributed by atoms with Crippen LogP contribution in [0.3, 0.4) is 0 Å². The molecule has 136 valence electrons. The number of aliphatic hydroxyl groups excluding tert-OH is 8. The van der Waals surface area contributed by atoms with E-state index in [4.69, 9.17) is 14.2 Å². The summed E-state index contributed by atoms with van der Waals surface area (Å²) in [4.78, 5) is 0. The quantitative estimate of drug-likeness (QED) is 0.243. The summed E-state index contributed by atoms with van der Waals surface area (Å²) in [5, 5.41) is 75.9. The van der Waals surface area contributed by atoms with E-state index in [9.17, 15) is 40.9 Å². The molecule has 0 spiro atoms. The van der Waals surface area contributed by atoms with E-state index >= 15 is 0 Å². The number of rotatable bonds is 4. The molecule has 2 aliphatic heterocycles. The SMILES string of the molecule is O[C@H]1[C@@H](O)[C@@H](O)O[C@H](COC[C@H]2O[C@H](O)[C@H](O)[C@H](O)[C@@H]2O)[C@H]1O. The molecule has 11 nitrogen and oxygen atoms in total. The lowest BCUT2D eigenvalue weighted by atomic mass is 9.99. The number of hydrogen-bond donors (Lipinski definition) is 8. The molecular weight excluding hydrogens is 320 g/mol. The zero-order chi connectivity index (χ0) is 17.3. The van der Waals surface area contributed by atoms with Gasteiger partial charge in [0.1, 0.15) is 48.8 Å². The summed E-state index contributed by atoms with van der Waals surface area (Å²) in [6.45, 7) is -0.660. The van der Waals surface area contributed by atoms with Crippen LogP contribution in [-0.2, 0) is 14.2 Å². The molecule has 0 aliphatic carbocycles. The predicted molar refractivity (Wildman–Crippen MR) is 68.6 cm³/mol. The Labute approximate surface area is 130 Å². The van der Waals surface area contributed by atoms with E-state index in [0.29, 0.717) is 0 Å². The standard InChI is InChI=1S/C12H22O11/c13-5-3(22-11(19)9(17)7(5)15)1-21-2-4-6(14)8(16)10(18)12(20)23-4/h3-20H,1-2H2/t3-,4-,5-,6-,7-,8-,9-,10-,11+,12+/m1/s1. The van der Waals surface area contributed by atoms with Gasteiger partial charge in [0, 0.05) is 0 Å². The van der Waals surface area contributed by atoms with Crippen molar-refractivity contribution < 1.29 is 55.1 Å². The Bertz CT molecular complexity index is 348. The van der Waals surface area contributed by atoms with Crippen molar-refractivity contribution in [2.24, 2.45) is 0 Å². The van der Waals surface area contributed by atoms with Crippen LogP contribution in [0.5, 0.6) is 0 Å². The highest BCUT2D eigenvalue weighted by molar-refractivity contribution is 4.90. The molecule has 0 amide bonds. The van der Waals surface area contributed by atoms with E-state index in [1.165, 1.54) is 0 Å². The van der Waals surface area contributed by atoms with Gasteiger partial charge in [0.15, 0.2) is 12.6 Å². The van der Waals surface area contributed by atoms with Gasteiger partial charge in [-0.2, -0.15) is 0 Å². The average Bonchev–Trinajstić information content (AvgIpc) is 2.52. The van der Waals surface area contributed by atoms with Gasteiger partial charge in [0.25, 0.3) is 0 Å². The molecule has 2 fully saturated rings. The highest BCUT2D eigenvalue weighted by atomic mass is 16.7. The average molecular weight is 342 g/mol. The highest BCUT2D eigenvalue weighted by Crippen LogP contribution is 2.22. The van der Waals surface area contributed by atoms with Crippen LogP contribution in [0.25, 0.3) is 0 Å². The molecule has 0 bridgehead atoms. The van der Waals surface area contributed by atoms with E-state index in [0.717, 1.165) is 0 Å². The normalized spacial score (nSPS) is 51.7. The Hall–Kier alpha value is -0.440. The highest BCUT2D eigenvalue weighted by Gasteiger charge is 2.45. The zero-order valence-electron chi connectivity index (χ0n) is 12.0. The Morgan fingerprint density at radius 3 is 1.22 bits per heavy atom. The molecule has 0 saturated carbocycles. The minimum Gasteiger partial charge on any atom is -0.387 e. The van der Waals surface area contributed by atoms with Gasteiger partial charge >= 0.3 is 0 Å². The van der Waals surface area contributed by atoms with Crippen molar-refractivity contribution in [1.29, 1.82) is 0 Å². The first-order valence-electron chi connectivity index (χ1n) is 7.07. The van der Waals surface area contributed by atoms with E-state index in [2.05, 4.69) is 0 Å². The van der Waals surface area contributed by atoms with E-state index in [-0.39, 0.29) is 13.2 Å². The molecule has 0 aromatic carbocycles. The van der Waals surface area contributed by atoms with Crippen LogP contribution >= 0.6 is 0 Å². The van der Waals surface area contributed by atoms with Gasteiger partial charge in [0.2, 0.25) is 0 Å². The fourth-order valence-electron chi connectivity index (χ4n) is 2.44. The predicted octanol–water partition coefficient (Wildman–Crippen LogP) is -5.40. The van der Waals surface area contributed by atoms with Crippen molar-refractivity contribution >= 4 is 0 Å². The molecule has 0 aromatic rings. The molecule has 0 unspecified atom stereocenters. The number of aliphatic hydroxyl groups is 8. The smallest absolute Gasteiger partial charge is 0.184 e. The minimum atomic E-state index is -1.70. The van der Waals surface area contributed by atoms with Gasteiger partial charge in [-0.05, 0) is 0 Å². The first kappa shape index (κ1) is 18.9. The van der Waals surface area contributed by atoms with Crippen LogP contribution < -0.4 is 0 Å². The van der Waals surface area contributed by atoms with Crippen molar-refractivity contribution in [1.82, 2.24) is 0 Å². The molecule has 23 heavy (non-hydrogen) atoms. The lowest BCUT2D eigenvalue weighted by Gasteiger charge is -2.39. The van der Waals surface area contributed by atoms with Crippen molar-refractivity contribution in [2.75, 3.05) is 13.2 Å². The molecular formula is C12H22O11. The third kappa shape index (κ3) is 3.97. The van der Waals surface area contributed by atoms with Crippen molar-refractivity contribution in [3.05, 3.63) is 0 Å². The summed E-state index contributed by atoms with van der Waals surface area (Å²) < 4.78 is 14.9. The molecule has 10 atom stereocenters. The van der Waals surface area contributed by atoms with Gasteiger partial charge in [-0.25, -0.2) is 0 Å². The molecule has 2 heterocycles. The fourth-order valence-corrected chi connectivity index (χ4v) is 2.44. The van der Waals surface area contributed by atoms with Gasteiger partial charge < -0.3 is 55.1 Å². The topological polar surface area (TPSA) is 190 Å². The maximum atomic E-state index is 9.71. The van der Waals surface area contributed by atoms with Gasteiger partial charge in [0.05, 0.1) is 13.2 Å². The third-order valence-electron chi connectivity index (χ3n) is 3.94. The Morgan fingerprint density at radius 1 is 0.522 bits per heavy atom. The maximum Gasteiger partial charge on any atom is 0.184 e. The van der Waals surface area contributed by atoms with Crippen LogP contribution in [0.1, 0.15) is 0 Å². The third-order valence-corrected chi connectivity index (χ3v) is 3.94. The Balaban J connectivity index is 1.82. The number of ether oxygens (including phenoxy) is 3. The maximum absolute atomic E-state index is 9.71. The molecule has 0 aromatic heterocycles. The Morgan fingerprint density at radius 2 is 0.870 bits per heavy atom. The molecule has 8 N–H and O–H groups in total. The van der Waals surface area contributed by atoms with E-state index in [1.54, 1.807) is 0 Å². The minimum absolute atomic E-state index is 0.330. The lowest BCUT2D eigenvalue weighted by molar-refractivity contribution is -0.300. The zero-order valence-corrected chi connectivity index (χ0v) is 12.0. The summed E-state index contributed by atoms with van der Waals surface area (Å²) in [5.41, 5.74) is 0. The van der Waals surface area contributed by atoms with Gasteiger partial charge in [-0.1, -0.05) is 0 Å². The summed E-state index contributed by atoms with van der Waals surface area (Å²) >= 11 is 0. The molecule has 11 heteroatoms. The van der Waals surface area contributed by atoms with Gasteiger partial charge in [-0.3, -0.25) is 0 Å². The summed E-state index contributed by atoms with van der Waals surface area (Å²) in [7, 11) is 0. The lowest BCUT2D eigenvalue weighted by Crippen LogP contribution is -2.60. The van der Waals surface area contributed by atoms with Crippen molar-refractivity contribution in [3.8, 4) is 0 Å². The second kappa shape index (κ2) is 7.63. The van der Waals surface area contributed by atoms with E-state index in [1.807, 2.05) is 0 Å². The molecule has 2 aliphatic rings. The van der Waals surface area contributed by atoms with Gasteiger partial charge in [-0.15, -0.1) is 0 Å². The van der Waals surface area contributed by atoms with Crippen LogP contribution in [0, 0.1) is 0 Å². The fraction of sp³-hybridized carbons (Fsp3) is 1.00. The second-order valence-corrected chi connectivity index (χ2v) is 5.61. The van der Waals surface area contributed by atoms with Crippen LogP contribution in [0.15, 0.2) is 0 Å². The van der Waals surface area contributed by atoms with Crippen LogP contribution in [0.2, 0.25) is 0 Å². The summed E-state index contributed by atoms with van der Waals surface area (Å²) in [5.74, 6) is 0. The molecule has 2 rings (SSSR count). The van der Waals surface area contributed by atoms with Crippen molar-refractivity contribution in [3.63, 3.8) is 0 Å². The van der Waals surface area contributed by atoms with E-state index < -0.39 is 61.4 Å². The number of hydrogen-bond acceptors (Lipinski definition) is 11. The van der Waals surface area contributed by atoms with Crippen molar-refractivity contribution in [2.45, 2.75) is 61.4 Å². The summed E-state index contributed by atoms with van der Waals surface area (Å²) in [6, 6.07) is 0.